The molecule has 0 aliphatic rings. The summed E-state index contributed by atoms with van der Waals surface area (Å²) in [7, 11) is 1.68. The Morgan fingerprint density at radius 2 is 1.78 bits per heavy atom. The molecule has 5 nitrogen and oxygen atoms in total. The second-order valence-corrected chi connectivity index (χ2v) is 4.59. The van der Waals surface area contributed by atoms with Crippen molar-refractivity contribution >= 4 is 5.91 Å². The smallest absolute Gasteiger partial charge is 0.385 e. The fraction of sp³-hybridized carbons (Fsp3) is 0.533. The fourth-order valence-electron chi connectivity index (χ4n) is 1.83. The largest absolute Gasteiger partial charge is 0.523 e. The molecule has 0 aliphatic carbocycles. The lowest BCUT2D eigenvalue weighted by Gasteiger charge is -2.30. The highest BCUT2D eigenvalue weighted by Crippen LogP contribution is 2.35. The van der Waals surface area contributed by atoms with E-state index in [0.717, 1.165) is 19.6 Å². The first kappa shape index (κ1) is 21.4. The lowest BCUT2D eigenvalue weighted by atomic mass is 9.90. The molecular weight excluding hydrogens is 313 g/mol. The lowest BCUT2D eigenvalue weighted by molar-refractivity contribution is -0.363. The predicted octanol–water partition coefficient (Wildman–Crippen LogP) is 2.30. The minimum atomic E-state index is -4.93. The number of halogens is 3. The molecule has 8 heteroatoms. The summed E-state index contributed by atoms with van der Waals surface area (Å²) in [5.41, 5.74) is 8.12. The molecule has 1 aromatic carbocycles. The van der Waals surface area contributed by atoms with Crippen molar-refractivity contribution in [3.05, 3.63) is 35.9 Å². The van der Waals surface area contributed by atoms with Crippen LogP contribution in [0.15, 0.2) is 30.3 Å². The van der Waals surface area contributed by atoms with Crippen LogP contribution < -0.4 is 11.5 Å². The Morgan fingerprint density at radius 3 is 2.09 bits per heavy atom. The number of hydrogen-bond donors (Lipinski definition) is 2. The third-order valence-corrected chi connectivity index (χ3v) is 2.98. The molecule has 0 saturated heterocycles. The Hall–Kier alpha value is -1.64. The maximum atomic E-state index is 12.4. The molecule has 1 atom stereocenters. The van der Waals surface area contributed by atoms with Crippen molar-refractivity contribution in [3.8, 4) is 0 Å². The molecule has 1 amide bonds. The van der Waals surface area contributed by atoms with E-state index in [4.69, 9.17) is 16.2 Å². The van der Waals surface area contributed by atoms with Crippen LogP contribution >= 0.6 is 0 Å². The van der Waals surface area contributed by atoms with Gasteiger partial charge in [0.2, 0.25) is 0 Å². The Morgan fingerprint density at radius 1 is 1.22 bits per heavy atom. The van der Waals surface area contributed by atoms with Crippen LogP contribution in [-0.2, 0) is 19.9 Å². The van der Waals surface area contributed by atoms with Crippen LogP contribution in [0.4, 0.5) is 13.2 Å². The van der Waals surface area contributed by atoms with Crippen molar-refractivity contribution in [1.82, 2.24) is 0 Å². The van der Waals surface area contributed by atoms with Crippen LogP contribution in [0.1, 0.15) is 25.3 Å². The molecular formula is C15H23F3N2O3. The summed E-state index contributed by atoms with van der Waals surface area (Å²) in [4.78, 5) is 11.3. The monoisotopic (exact) mass is 336 g/mol. The van der Waals surface area contributed by atoms with E-state index in [-0.39, 0.29) is 12.0 Å². The van der Waals surface area contributed by atoms with Gasteiger partial charge in [-0.2, -0.15) is 0 Å². The van der Waals surface area contributed by atoms with E-state index in [1.165, 1.54) is 31.2 Å². The summed E-state index contributed by atoms with van der Waals surface area (Å²) in [6.45, 7) is 2.92. The number of nitrogens with two attached hydrogens (primary N) is 2. The number of methoxy groups -OCH3 is 1. The number of alkyl halides is 3. The van der Waals surface area contributed by atoms with Gasteiger partial charge in [-0.05, 0) is 24.9 Å². The maximum Gasteiger partial charge on any atom is 0.523 e. The fourth-order valence-corrected chi connectivity index (χ4v) is 1.83. The molecule has 132 valence electrons. The zero-order valence-electron chi connectivity index (χ0n) is 13.2. The average Bonchev–Trinajstić information content (AvgIpc) is 2.51. The first-order valence-electron chi connectivity index (χ1n) is 7.04. The minimum Gasteiger partial charge on any atom is -0.385 e. The van der Waals surface area contributed by atoms with Crippen LogP contribution in [-0.4, -0.2) is 32.5 Å². The van der Waals surface area contributed by atoms with Gasteiger partial charge in [0.15, 0.2) is 5.60 Å². The molecule has 0 aromatic heterocycles. The van der Waals surface area contributed by atoms with Crippen molar-refractivity contribution in [3.63, 3.8) is 0 Å². The van der Waals surface area contributed by atoms with Gasteiger partial charge in [-0.1, -0.05) is 37.3 Å². The lowest BCUT2D eigenvalue weighted by Crippen LogP contribution is -2.46. The Balaban J connectivity index is 0.000000688. The number of hydrogen-bond acceptors (Lipinski definition) is 4. The normalized spacial score (nSPS) is 13.7. The van der Waals surface area contributed by atoms with Crippen molar-refractivity contribution in [2.75, 3.05) is 20.3 Å². The van der Waals surface area contributed by atoms with E-state index in [1.807, 2.05) is 0 Å². The van der Waals surface area contributed by atoms with Gasteiger partial charge in [0.1, 0.15) is 0 Å². The van der Waals surface area contributed by atoms with Crippen LogP contribution in [0.5, 0.6) is 0 Å². The summed E-state index contributed by atoms with van der Waals surface area (Å²) >= 11 is 0. The highest BCUT2D eigenvalue weighted by molar-refractivity contribution is 5.85. The number of ether oxygens (including phenoxy) is 2. The van der Waals surface area contributed by atoms with Crippen molar-refractivity contribution in [1.29, 1.82) is 0 Å². The second-order valence-electron chi connectivity index (χ2n) is 4.59. The Bertz CT molecular complexity index is 451. The van der Waals surface area contributed by atoms with Gasteiger partial charge in [0.05, 0.1) is 0 Å². The topological polar surface area (TPSA) is 87.6 Å². The van der Waals surface area contributed by atoms with Crippen molar-refractivity contribution in [2.45, 2.75) is 31.7 Å². The highest BCUT2D eigenvalue weighted by atomic mass is 19.4. The van der Waals surface area contributed by atoms with Crippen LogP contribution in [0.3, 0.4) is 0 Å². The van der Waals surface area contributed by atoms with E-state index in [2.05, 4.69) is 4.74 Å². The van der Waals surface area contributed by atoms with E-state index >= 15 is 0 Å². The van der Waals surface area contributed by atoms with Crippen LogP contribution in [0.25, 0.3) is 0 Å². The van der Waals surface area contributed by atoms with Crippen LogP contribution in [0, 0.1) is 0 Å². The zero-order valence-corrected chi connectivity index (χ0v) is 13.2. The molecule has 0 saturated carbocycles. The van der Waals surface area contributed by atoms with Gasteiger partial charge in [0.25, 0.3) is 5.91 Å². The number of carbonyl (C=O) groups is 1. The summed E-state index contributed by atoms with van der Waals surface area (Å²) in [6.07, 6.45) is -4.16. The van der Waals surface area contributed by atoms with Gasteiger partial charge in [0, 0.05) is 13.7 Å². The molecule has 23 heavy (non-hydrogen) atoms. The second kappa shape index (κ2) is 10.2. The minimum absolute atomic E-state index is 0.0901. The van der Waals surface area contributed by atoms with Gasteiger partial charge in [-0.25, -0.2) is 0 Å². The average molecular weight is 336 g/mol. The van der Waals surface area contributed by atoms with E-state index < -0.39 is 17.9 Å². The standard InChI is InChI=1S/C11H12F3NO2.C4H11NO/c1-2-10(9(15)16,17-11(12,13)14)8-6-4-3-5-7-8;1-6-4-2-3-5/h3-7H,2H2,1H3,(H2,15,16);2-5H2,1H3. The van der Waals surface area contributed by atoms with Gasteiger partial charge >= 0.3 is 6.36 Å². The van der Waals surface area contributed by atoms with E-state index in [9.17, 15) is 18.0 Å². The summed E-state index contributed by atoms with van der Waals surface area (Å²) < 4.78 is 45.7. The number of rotatable bonds is 7. The molecule has 0 aliphatic heterocycles. The third kappa shape index (κ3) is 7.45. The third-order valence-electron chi connectivity index (χ3n) is 2.98. The van der Waals surface area contributed by atoms with E-state index in [1.54, 1.807) is 13.2 Å². The quantitative estimate of drug-likeness (QED) is 0.748. The molecule has 0 spiro atoms. The maximum absolute atomic E-state index is 12.4. The molecule has 1 rings (SSSR count). The molecule has 4 N–H and O–H groups in total. The molecule has 0 bridgehead atoms. The summed E-state index contributed by atoms with van der Waals surface area (Å²) in [5, 5.41) is 0. The van der Waals surface area contributed by atoms with Gasteiger partial charge in [-0.15, -0.1) is 13.2 Å². The van der Waals surface area contributed by atoms with Gasteiger partial charge < -0.3 is 16.2 Å². The number of amides is 1. The van der Waals surface area contributed by atoms with Crippen molar-refractivity contribution < 1.29 is 27.4 Å². The van der Waals surface area contributed by atoms with Crippen LogP contribution in [0.2, 0.25) is 0 Å². The van der Waals surface area contributed by atoms with E-state index in [0.29, 0.717) is 0 Å². The first-order valence-corrected chi connectivity index (χ1v) is 7.04. The summed E-state index contributed by atoms with van der Waals surface area (Å²) in [5.74, 6) is -1.16. The molecule has 0 radical (unpaired) electrons. The SMILES string of the molecule is CCC(OC(F)(F)F)(C(N)=O)c1ccccc1.COCCCN. The molecule has 1 unspecified atom stereocenters. The molecule has 1 aromatic rings. The molecule has 0 heterocycles. The summed E-state index contributed by atoms with van der Waals surface area (Å²) in [6, 6.07) is 7.41. The number of carbonyl (C=O) groups excluding carboxylic acids is 1. The van der Waals surface area contributed by atoms with Crippen molar-refractivity contribution in [2.24, 2.45) is 11.5 Å². The Labute approximate surface area is 133 Å². The molecule has 0 fully saturated rings. The van der Waals surface area contributed by atoms with Gasteiger partial charge in [-0.3, -0.25) is 9.53 Å². The zero-order chi connectivity index (χ0) is 17.9. The Kier molecular flexibility index (Phi) is 9.47. The number of benzene rings is 1. The first-order chi connectivity index (χ1) is 10.7. The predicted molar refractivity (Wildman–Crippen MR) is 80.3 cm³/mol. The number of primary amides is 1. The highest BCUT2D eigenvalue weighted by Gasteiger charge is 2.48.